The number of nitrogens with one attached hydrogen (secondary N) is 1. The number of amides is 1. The van der Waals surface area contributed by atoms with E-state index in [4.69, 9.17) is 16.3 Å². The zero-order chi connectivity index (χ0) is 38.6. The summed E-state index contributed by atoms with van der Waals surface area (Å²) in [6.07, 6.45) is -12.2. The Morgan fingerprint density at radius 1 is 1.00 bits per heavy atom. The van der Waals surface area contributed by atoms with Gasteiger partial charge in [-0.2, -0.15) is 26.3 Å². The van der Waals surface area contributed by atoms with Crippen molar-refractivity contribution in [2.24, 2.45) is 0 Å². The molecule has 1 amide bonds. The molecule has 1 fully saturated rings. The van der Waals surface area contributed by atoms with Crippen molar-refractivity contribution in [1.82, 2.24) is 14.8 Å². The number of hydrogen-bond acceptors (Lipinski definition) is 5. The molecule has 6 rings (SSSR count). The number of fused-ring (bicyclic) bond motifs is 6. The van der Waals surface area contributed by atoms with E-state index in [0.717, 1.165) is 12.3 Å². The van der Waals surface area contributed by atoms with Gasteiger partial charge < -0.3 is 15.2 Å². The van der Waals surface area contributed by atoms with Crippen LogP contribution in [0, 0.1) is 12.7 Å². The number of rotatable bonds is 6. The van der Waals surface area contributed by atoms with Gasteiger partial charge in [-0.3, -0.25) is 23.9 Å². The molecule has 8 nitrogen and oxygen atoms in total. The number of hydrogen-bond donors (Lipinski definition) is 2. The van der Waals surface area contributed by atoms with Crippen LogP contribution < -0.4 is 15.6 Å². The van der Waals surface area contributed by atoms with Gasteiger partial charge in [-0.05, 0) is 72.0 Å². The number of aliphatic carboxylic acids is 1. The van der Waals surface area contributed by atoms with Crippen molar-refractivity contribution in [2.45, 2.75) is 50.4 Å². The Kier molecular flexibility index (Phi) is 10.1. The highest BCUT2D eigenvalue weighted by Gasteiger charge is 2.40. The fraction of sp³-hybridized carbons (Fsp3) is 0.306. The molecule has 1 aromatic heterocycles. The van der Waals surface area contributed by atoms with Crippen molar-refractivity contribution < 1.29 is 54.6 Å². The van der Waals surface area contributed by atoms with Crippen LogP contribution in [-0.2, 0) is 28.4 Å². The van der Waals surface area contributed by atoms with Crippen LogP contribution in [0.3, 0.4) is 0 Å². The minimum Gasteiger partial charge on any atom is -0.481 e. The second-order valence-electron chi connectivity index (χ2n) is 12.8. The van der Waals surface area contributed by atoms with Crippen LogP contribution in [0.4, 0.5) is 35.1 Å². The number of nitrogens with zero attached hydrogens (tertiary/aromatic N) is 2. The number of pyridine rings is 1. The predicted molar refractivity (Wildman–Crippen MR) is 175 cm³/mol. The van der Waals surface area contributed by atoms with E-state index in [1.54, 1.807) is 17.9 Å². The largest absolute Gasteiger partial charge is 0.481 e. The highest BCUT2D eigenvalue weighted by Crippen LogP contribution is 2.44. The number of aryl methyl sites for hydroxylation is 1. The average molecular weight is 770 g/mol. The number of alkyl halides is 7. The smallest absolute Gasteiger partial charge is 0.419 e. The molecule has 17 heteroatoms. The maximum atomic E-state index is 15.9. The lowest BCUT2D eigenvalue weighted by Crippen LogP contribution is -2.49. The highest BCUT2D eigenvalue weighted by atomic mass is 35.5. The molecule has 0 saturated carbocycles. The minimum atomic E-state index is -5.29. The molecule has 3 heterocycles. The molecule has 2 aliphatic heterocycles. The number of aromatic nitrogens is 1. The summed E-state index contributed by atoms with van der Waals surface area (Å²) in [4.78, 5) is 41.5. The molecule has 0 radical (unpaired) electrons. The fourth-order valence-corrected chi connectivity index (χ4v) is 6.84. The monoisotopic (exact) mass is 769 g/mol. The highest BCUT2D eigenvalue weighted by molar-refractivity contribution is 6.30. The Hall–Kier alpha value is -4.96. The zero-order valence-corrected chi connectivity index (χ0v) is 28.2. The molecule has 53 heavy (non-hydrogen) atoms. The molecule has 0 unspecified atom stereocenters. The first-order valence-corrected chi connectivity index (χ1v) is 16.4. The molecular weight excluding hydrogens is 742 g/mol. The number of halogens is 9. The maximum absolute atomic E-state index is 15.9. The van der Waals surface area contributed by atoms with Gasteiger partial charge in [-0.15, -0.1) is 0 Å². The van der Waals surface area contributed by atoms with E-state index in [1.165, 1.54) is 30.3 Å². The van der Waals surface area contributed by atoms with E-state index in [9.17, 15) is 50.2 Å². The molecule has 1 saturated heterocycles. The average Bonchev–Trinajstić information content (AvgIpc) is 3.02. The number of benzene rings is 3. The van der Waals surface area contributed by atoms with E-state index < -0.39 is 82.5 Å². The number of carboxylic acids is 1. The topological polar surface area (TPSA) is 101 Å². The van der Waals surface area contributed by atoms with Gasteiger partial charge in [0.05, 0.1) is 23.6 Å². The summed E-state index contributed by atoms with van der Waals surface area (Å²) in [5.74, 6) is -4.99. The first-order valence-electron chi connectivity index (χ1n) is 16.0. The van der Waals surface area contributed by atoms with Crippen LogP contribution in [-0.4, -0.2) is 52.3 Å². The summed E-state index contributed by atoms with van der Waals surface area (Å²) < 4.78 is 122. The maximum Gasteiger partial charge on any atom is 0.419 e. The molecule has 2 N–H and O–H groups in total. The van der Waals surface area contributed by atoms with Crippen molar-refractivity contribution in [3.05, 3.63) is 115 Å². The predicted octanol–water partition coefficient (Wildman–Crippen LogP) is 7.88. The molecule has 4 aromatic rings. The second-order valence-corrected chi connectivity index (χ2v) is 13.3. The van der Waals surface area contributed by atoms with Gasteiger partial charge in [0.1, 0.15) is 29.5 Å². The van der Waals surface area contributed by atoms with Gasteiger partial charge >= 0.3 is 18.3 Å². The van der Waals surface area contributed by atoms with Crippen LogP contribution in [0.1, 0.15) is 51.9 Å². The molecule has 2 aliphatic rings. The standard InChI is InChI=1S/C36H28ClF8N3O5/c1-17-3-2-4-28-31(17)19-9-24(32(39)26(10-19)36(43,44)45)27(13-30(50)51)46-34(52)33(20-7-21(37)11-23(8-20)53-28)48-14-18(5-6-47-15-22(38)16-47)25(12-29(48)49)35(40,41)42/h2-4,7-12,14,22,27,33H,5-6,13,15-16H2,1H3,(H,46,52)(H,50,51)/t27-,33-/m0/s1. The summed E-state index contributed by atoms with van der Waals surface area (Å²) >= 11 is 6.43. The number of carboxylic acid groups (broad SMARTS) is 1. The van der Waals surface area contributed by atoms with Crippen LogP contribution in [0.5, 0.6) is 11.5 Å². The van der Waals surface area contributed by atoms with Crippen molar-refractivity contribution >= 4 is 23.5 Å². The third-order valence-electron chi connectivity index (χ3n) is 9.04. The van der Waals surface area contributed by atoms with E-state index in [0.29, 0.717) is 16.2 Å². The van der Waals surface area contributed by atoms with Crippen LogP contribution in [0.25, 0.3) is 11.1 Å². The first kappa shape index (κ1) is 37.8. The van der Waals surface area contributed by atoms with E-state index in [-0.39, 0.29) is 65.3 Å². The fourth-order valence-electron chi connectivity index (χ4n) is 6.60. The van der Waals surface area contributed by atoms with Crippen molar-refractivity contribution in [3.8, 4) is 22.6 Å². The Morgan fingerprint density at radius 3 is 2.34 bits per heavy atom. The summed E-state index contributed by atoms with van der Waals surface area (Å²) in [7, 11) is 0. The number of carbonyl (C=O) groups excluding carboxylic acids is 1. The lowest BCUT2D eigenvalue weighted by Gasteiger charge is -2.34. The van der Waals surface area contributed by atoms with Gasteiger partial charge in [0.2, 0.25) is 5.91 Å². The summed E-state index contributed by atoms with van der Waals surface area (Å²) in [6.45, 7) is 1.47. The molecule has 0 spiro atoms. The molecule has 3 aromatic carbocycles. The molecule has 2 atom stereocenters. The molecule has 280 valence electrons. The summed E-state index contributed by atoms with van der Waals surface area (Å²) in [6, 6.07) is 5.94. The number of ether oxygens (including phenoxy) is 1. The first-order chi connectivity index (χ1) is 24.8. The summed E-state index contributed by atoms with van der Waals surface area (Å²) in [5, 5.41) is 11.9. The van der Waals surface area contributed by atoms with E-state index >= 15 is 4.39 Å². The Bertz CT molecular complexity index is 2160. The quantitative estimate of drug-likeness (QED) is 0.194. The Morgan fingerprint density at radius 2 is 1.70 bits per heavy atom. The van der Waals surface area contributed by atoms with Gasteiger partial charge in [-0.1, -0.05) is 23.7 Å². The number of carbonyl (C=O) groups is 2. The minimum absolute atomic E-state index is 0.0151. The van der Waals surface area contributed by atoms with Crippen molar-refractivity contribution in [2.75, 3.05) is 19.6 Å². The molecule has 4 bridgehead atoms. The van der Waals surface area contributed by atoms with Gasteiger partial charge in [-0.25, -0.2) is 8.78 Å². The van der Waals surface area contributed by atoms with Gasteiger partial charge in [0, 0.05) is 48.0 Å². The normalized spacial score (nSPS) is 18.1. The van der Waals surface area contributed by atoms with E-state index in [2.05, 4.69) is 5.32 Å². The number of likely N-dealkylation sites (tertiary alicyclic amines) is 1. The van der Waals surface area contributed by atoms with Crippen molar-refractivity contribution in [3.63, 3.8) is 0 Å². The van der Waals surface area contributed by atoms with Gasteiger partial charge in [0.15, 0.2) is 0 Å². The van der Waals surface area contributed by atoms with Crippen LogP contribution >= 0.6 is 11.6 Å². The van der Waals surface area contributed by atoms with Crippen LogP contribution in [0.15, 0.2) is 65.6 Å². The third-order valence-corrected chi connectivity index (χ3v) is 9.26. The van der Waals surface area contributed by atoms with Crippen LogP contribution in [0.2, 0.25) is 5.02 Å². The second kappa shape index (κ2) is 14.1. The lowest BCUT2D eigenvalue weighted by molar-refractivity contribution is -0.140. The Labute approximate surface area is 300 Å². The third kappa shape index (κ3) is 7.88. The van der Waals surface area contributed by atoms with E-state index in [1.807, 2.05) is 0 Å². The SMILES string of the molecule is Cc1cccc2c1-c1cc(c(F)c(C(F)(F)F)c1)[C@H](CC(=O)O)NC(=O)[C@@H](n1cc(CCN3CC(F)C3)c(C(F)(F)F)cc1=O)c1cc(Cl)cc(c1)O2. The van der Waals surface area contributed by atoms with Crippen molar-refractivity contribution in [1.29, 1.82) is 0 Å². The lowest BCUT2D eigenvalue weighted by atomic mass is 9.91. The van der Waals surface area contributed by atoms with Gasteiger partial charge in [0.25, 0.3) is 5.56 Å². The summed E-state index contributed by atoms with van der Waals surface area (Å²) in [5.41, 5.74) is -5.73. The molecule has 0 aliphatic carbocycles. The molecular formula is C36H28ClF8N3O5. The zero-order valence-electron chi connectivity index (χ0n) is 27.4. The Balaban J connectivity index is 1.61.